The Morgan fingerprint density at radius 2 is 1.73 bits per heavy atom. The standard InChI is InChI=1S/C12H25O.C7H6O2/c1-3-5-6-7-8-9-11-12(13)10-4-2;8-5-6-3-1-2-4-7(6)9/h12H,3-11H2,1-2H3;1-4,7,9H. The molecule has 0 heterocycles. The Labute approximate surface area is 135 Å². The molecule has 0 aliphatic heterocycles. The van der Waals surface area contributed by atoms with Crippen molar-refractivity contribution in [1.82, 2.24) is 0 Å². The number of aliphatic hydroxyl groups is 1. The lowest BCUT2D eigenvalue weighted by molar-refractivity contribution is 0.0706. The first-order valence-corrected chi connectivity index (χ1v) is 8.59. The lowest BCUT2D eigenvalue weighted by Crippen LogP contribution is -2.06. The highest BCUT2D eigenvalue weighted by Gasteiger charge is 2.06. The van der Waals surface area contributed by atoms with Crippen molar-refractivity contribution in [1.29, 1.82) is 0 Å². The van der Waals surface area contributed by atoms with Gasteiger partial charge >= 0.3 is 0 Å². The Bertz CT molecular complexity index is 365. The van der Waals surface area contributed by atoms with E-state index in [4.69, 9.17) is 5.11 Å². The molecule has 1 aliphatic rings. The third kappa shape index (κ3) is 11.5. The maximum atomic E-state index is 11.2. The lowest BCUT2D eigenvalue weighted by atomic mass is 10.0. The zero-order valence-corrected chi connectivity index (χ0v) is 14.1. The minimum absolute atomic E-state index is 0.281. The quantitative estimate of drug-likeness (QED) is 0.501. The maximum absolute atomic E-state index is 11.2. The molecule has 1 N–H and O–H groups in total. The van der Waals surface area contributed by atoms with E-state index in [1.54, 1.807) is 18.1 Å². The summed E-state index contributed by atoms with van der Waals surface area (Å²) in [6, 6.07) is 0. The first-order chi connectivity index (χ1) is 10.7. The monoisotopic (exact) mass is 307 g/mol. The molecule has 1 rings (SSSR count). The van der Waals surface area contributed by atoms with E-state index in [1.807, 2.05) is 0 Å². The van der Waals surface area contributed by atoms with E-state index < -0.39 is 6.10 Å². The second-order valence-electron chi connectivity index (χ2n) is 5.71. The first kappa shape index (κ1) is 20.9. The average molecular weight is 307 g/mol. The molecule has 0 amide bonds. The molecule has 0 spiro atoms. The third-order valence-electron chi connectivity index (χ3n) is 3.61. The average Bonchev–Trinajstić information content (AvgIpc) is 2.52. The van der Waals surface area contributed by atoms with Gasteiger partial charge in [0, 0.05) is 0 Å². The summed E-state index contributed by atoms with van der Waals surface area (Å²) in [4.78, 5) is 9.96. The van der Waals surface area contributed by atoms with Crippen molar-refractivity contribution >= 4 is 5.94 Å². The predicted octanol–water partition coefficient (Wildman–Crippen LogP) is 4.57. The molecule has 2 atom stereocenters. The van der Waals surface area contributed by atoms with Gasteiger partial charge in [-0.25, -0.2) is 9.90 Å². The molecule has 1 aliphatic carbocycles. The van der Waals surface area contributed by atoms with Crippen LogP contribution in [-0.4, -0.2) is 23.3 Å². The summed E-state index contributed by atoms with van der Waals surface area (Å²) in [6.07, 6.45) is 16.0. The smallest absolute Gasteiger partial charge is 0.131 e. The van der Waals surface area contributed by atoms with Crippen LogP contribution in [-0.2, 0) is 9.90 Å². The van der Waals surface area contributed by atoms with Crippen LogP contribution in [0.5, 0.6) is 0 Å². The van der Waals surface area contributed by atoms with Crippen molar-refractivity contribution in [2.75, 3.05) is 0 Å². The molecule has 0 fully saturated rings. The van der Waals surface area contributed by atoms with Gasteiger partial charge in [0.25, 0.3) is 0 Å². The van der Waals surface area contributed by atoms with E-state index in [0.29, 0.717) is 0 Å². The summed E-state index contributed by atoms with van der Waals surface area (Å²) in [6.45, 7) is 4.32. The topological polar surface area (TPSA) is 57.2 Å². The second kappa shape index (κ2) is 14.8. The minimum atomic E-state index is -0.757. The Hall–Kier alpha value is -1.15. The Kier molecular flexibility index (Phi) is 14.0. The van der Waals surface area contributed by atoms with Crippen LogP contribution in [0.25, 0.3) is 0 Å². The van der Waals surface area contributed by atoms with Gasteiger partial charge < -0.3 is 5.11 Å². The molecule has 0 saturated heterocycles. The van der Waals surface area contributed by atoms with Crippen molar-refractivity contribution < 1.29 is 15.0 Å². The van der Waals surface area contributed by atoms with Crippen LogP contribution in [0.1, 0.15) is 71.6 Å². The molecule has 0 bridgehead atoms. The summed E-state index contributed by atoms with van der Waals surface area (Å²) in [5.74, 6) is 1.63. The number of rotatable bonds is 9. The molecule has 3 heteroatoms. The minimum Gasteiger partial charge on any atom is -0.384 e. The number of aliphatic hydroxyl groups excluding tert-OH is 1. The van der Waals surface area contributed by atoms with Crippen LogP contribution in [0.3, 0.4) is 0 Å². The Morgan fingerprint density at radius 1 is 1.05 bits per heavy atom. The Balaban J connectivity index is 0.000000425. The molecule has 3 nitrogen and oxygen atoms in total. The van der Waals surface area contributed by atoms with Crippen LogP contribution >= 0.6 is 0 Å². The highest BCUT2D eigenvalue weighted by molar-refractivity contribution is 5.61. The van der Waals surface area contributed by atoms with Gasteiger partial charge in [-0.05, 0) is 18.9 Å². The van der Waals surface area contributed by atoms with Crippen LogP contribution in [0.4, 0.5) is 0 Å². The molecule has 0 saturated carbocycles. The summed E-state index contributed by atoms with van der Waals surface area (Å²) < 4.78 is 0. The summed E-state index contributed by atoms with van der Waals surface area (Å²) in [5, 5.41) is 20.1. The van der Waals surface area contributed by atoms with E-state index in [2.05, 4.69) is 13.8 Å². The van der Waals surface area contributed by atoms with Crippen LogP contribution in [0.15, 0.2) is 29.9 Å². The molecular weight excluding hydrogens is 276 g/mol. The van der Waals surface area contributed by atoms with Crippen LogP contribution in [0.2, 0.25) is 0 Å². The molecule has 0 aromatic heterocycles. The molecule has 1 radical (unpaired) electrons. The maximum Gasteiger partial charge on any atom is 0.131 e. The fourth-order valence-corrected chi connectivity index (χ4v) is 2.24. The third-order valence-corrected chi connectivity index (χ3v) is 3.61. The summed E-state index contributed by atoms with van der Waals surface area (Å²) in [7, 11) is 0. The fourth-order valence-electron chi connectivity index (χ4n) is 2.24. The summed E-state index contributed by atoms with van der Waals surface area (Å²) >= 11 is 0. The van der Waals surface area contributed by atoms with Gasteiger partial charge in [0.2, 0.25) is 0 Å². The van der Waals surface area contributed by atoms with Crippen molar-refractivity contribution in [2.24, 2.45) is 0 Å². The van der Waals surface area contributed by atoms with Gasteiger partial charge in [0.15, 0.2) is 0 Å². The van der Waals surface area contributed by atoms with E-state index in [9.17, 15) is 9.90 Å². The number of allylic oxidation sites excluding steroid dienone is 2. The number of hydrogen-bond donors (Lipinski definition) is 1. The van der Waals surface area contributed by atoms with Gasteiger partial charge in [-0.15, -0.1) is 0 Å². The largest absolute Gasteiger partial charge is 0.384 e. The number of carbonyl (C=O) groups excluding carboxylic acids is 1. The predicted molar refractivity (Wildman–Crippen MR) is 90.9 cm³/mol. The van der Waals surface area contributed by atoms with E-state index in [0.717, 1.165) is 25.7 Å². The van der Waals surface area contributed by atoms with Crippen molar-refractivity contribution in [3.05, 3.63) is 29.9 Å². The van der Waals surface area contributed by atoms with Gasteiger partial charge in [0.1, 0.15) is 12.0 Å². The highest BCUT2D eigenvalue weighted by Crippen LogP contribution is 2.11. The van der Waals surface area contributed by atoms with Crippen molar-refractivity contribution in [3.63, 3.8) is 0 Å². The van der Waals surface area contributed by atoms with Gasteiger partial charge in [-0.2, -0.15) is 0 Å². The van der Waals surface area contributed by atoms with Crippen molar-refractivity contribution in [3.8, 4) is 0 Å². The number of hydrogen-bond acceptors (Lipinski definition) is 2. The molecule has 0 aromatic rings. The molecule has 0 aromatic carbocycles. The van der Waals surface area contributed by atoms with Gasteiger partial charge in [-0.1, -0.05) is 77.0 Å². The van der Waals surface area contributed by atoms with Gasteiger partial charge in [0.05, 0.1) is 11.7 Å². The van der Waals surface area contributed by atoms with Crippen molar-refractivity contribution in [2.45, 2.75) is 83.8 Å². The van der Waals surface area contributed by atoms with E-state index in [1.165, 1.54) is 44.3 Å². The second-order valence-corrected chi connectivity index (χ2v) is 5.71. The fraction of sp³-hybridized carbons (Fsp3) is 0.684. The van der Waals surface area contributed by atoms with Gasteiger partial charge in [-0.3, -0.25) is 0 Å². The first-order valence-electron chi connectivity index (χ1n) is 8.59. The molecule has 22 heavy (non-hydrogen) atoms. The zero-order chi connectivity index (χ0) is 16.6. The zero-order valence-electron chi connectivity index (χ0n) is 14.1. The lowest BCUT2D eigenvalue weighted by Gasteiger charge is -2.05. The molecular formula is C19H31O3. The normalized spacial score (nSPS) is 17.6. The number of unbranched alkanes of at least 4 members (excludes halogenated alkanes) is 5. The Morgan fingerprint density at radius 3 is 2.27 bits per heavy atom. The highest BCUT2D eigenvalue weighted by atomic mass is 16.3. The van der Waals surface area contributed by atoms with E-state index in [-0.39, 0.29) is 11.7 Å². The molecule has 2 unspecified atom stereocenters. The summed E-state index contributed by atoms with van der Waals surface area (Å²) in [5.41, 5.74) is 0.289. The molecule has 125 valence electrons. The van der Waals surface area contributed by atoms with Crippen LogP contribution < -0.4 is 0 Å². The van der Waals surface area contributed by atoms with E-state index >= 15 is 0 Å². The van der Waals surface area contributed by atoms with Crippen LogP contribution in [0, 0.1) is 0 Å². The SMILES string of the molecule is CCCCCCCCC([O])CCC.O=C=C1C=CC=CC1O.